The van der Waals surface area contributed by atoms with Gasteiger partial charge in [0.15, 0.2) is 0 Å². The predicted molar refractivity (Wildman–Crippen MR) is 97.3 cm³/mol. The highest BCUT2D eigenvalue weighted by Gasteiger charge is 2.20. The quantitative estimate of drug-likeness (QED) is 0.904. The van der Waals surface area contributed by atoms with Gasteiger partial charge in [0.25, 0.3) is 0 Å². The zero-order chi connectivity index (χ0) is 16.9. The maximum absolute atomic E-state index is 12.1. The van der Waals surface area contributed by atoms with Crippen LogP contribution in [-0.2, 0) is 17.9 Å². The smallest absolute Gasteiger partial charge is 0.221 e. The van der Waals surface area contributed by atoms with Crippen LogP contribution < -0.4 is 10.1 Å². The molecular formula is C19H24N2O2S. The molecule has 0 spiro atoms. The molecule has 3 rings (SSSR count). The Balaban J connectivity index is 1.53. The van der Waals surface area contributed by atoms with Gasteiger partial charge in [-0.25, -0.2) is 0 Å². The first-order valence-electron chi connectivity index (χ1n) is 8.38. The second-order valence-corrected chi connectivity index (χ2v) is 7.41. The lowest BCUT2D eigenvalue weighted by Crippen LogP contribution is -2.34. The standard InChI is InChI=1S/C19H24N2O2S/c1-14-5-6-18-16(10-14)13-21(12-15(2)23-18)8-7-19(22)20-11-17-4-3-9-24-17/h3-6,9-10,15H,7-8,11-13H2,1-2H3,(H,20,22). The maximum Gasteiger partial charge on any atom is 0.221 e. The first-order valence-corrected chi connectivity index (χ1v) is 9.26. The number of hydrogen-bond acceptors (Lipinski definition) is 4. The normalized spacial score (nSPS) is 17.7. The summed E-state index contributed by atoms with van der Waals surface area (Å²) in [5.74, 6) is 1.07. The molecule has 1 unspecified atom stereocenters. The summed E-state index contributed by atoms with van der Waals surface area (Å²) >= 11 is 1.67. The zero-order valence-corrected chi connectivity index (χ0v) is 15.1. The van der Waals surface area contributed by atoms with Crippen molar-refractivity contribution in [1.82, 2.24) is 10.2 Å². The van der Waals surface area contributed by atoms with Gasteiger partial charge >= 0.3 is 0 Å². The minimum absolute atomic E-state index is 0.102. The molecular weight excluding hydrogens is 320 g/mol. The number of nitrogens with zero attached hydrogens (tertiary/aromatic N) is 1. The van der Waals surface area contributed by atoms with Gasteiger partial charge in [0.2, 0.25) is 5.91 Å². The molecule has 1 aliphatic heterocycles. The summed E-state index contributed by atoms with van der Waals surface area (Å²) < 4.78 is 6.00. The molecule has 1 aliphatic rings. The number of carbonyl (C=O) groups is 1. The molecule has 1 amide bonds. The van der Waals surface area contributed by atoms with E-state index in [0.717, 1.165) is 25.4 Å². The number of thiophene rings is 1. The van der Waals surface area contributed by atoms with Crippen molar-refractivity contribution >= 4 is 17.2 Å². The summed E-state index contributed by atoms with van der Waals surface area (Å²) in [7, 11) is 0. The van der Waals surface area contributed by atoms with E-state index in [0.29, 0.717) is 13.0 Å². The van der Waals surface area contributed by atoms with Crippen LogP contribution in [-0.4, -0.2) is 30.0 Å². The van der Waals surface area contributed by atoms with Gasteiger partial charge in [-0.1, -0.05) is 23.8 Å². The van der Waals surface area contributed by atoms with Crippen LogP contribution in [0.25, 0.3) is 0 Å². The van der Waals surface area contributed by atoms with Crippen LogP contribution in [0, 0.1) is 6.92 Å². The number of nitrogens with one attached hydrogen (secondary N) is 1. The van der Waals surface area contributed by atoms with E-state index < -0.39 is 0 Å². The molecule has 0 saturated heterocycles. The van der Waals surface area contributed by atoms with Gasteiger partial charge in [0, 0.05) is 36.5 Å². The minimum Gasteiger partial charge on any atom is -0.489 e. The van der Waals surface area contributed by atoms with Crippen LogP contribution >= 0.6 is 11.3 Å². The van der Waals surface area contributed by atoms with Crippen LogP contribution in [0.15, 0.2) is 35.7 Å². The fourth-order valence-electron chi connectivity index (χ4n) is 2.99. The molecule has 2 heterocycles. The van der Waals surface area contributed by atoms with Crippen LogP contribution in [0.2, 0.25) is 0 Å². The van der Waals surface area contributed by atoms with Crippen molar-refractivity contribution in [1.29, 1.82) is 0 Å². The summed E-state index contributed by atoms with van der Waals surface area (Å²) in [6, 6.07) is 10.4. The Labute approximate surface area is 147 Å². The van der Waals surface area contributed by atoms with Gasteiger partial charge in [0.1, 0.15) is 11.9 Å². The van der Waals surface area contributed by atoms with Crippen molar-refractivity contribution in [3.63, 3.8) is 0 Å². The summed E-state index contributed by atoms with van der Waals surface area (Å²) in [6.45, 7) is 7.22. The van der Waals surface area contributed by atoms with Crippen LogP contribution in [0.1, 0.15) is 29.3 Å². The highest BCUT2D eigenvalue weighted by atomic mass is 32.1. The molecule has 0 bridgehead atoms. The molecule has 5 heteroatoms. The molecule has 4 nitrogen and oxygen atoms in total. The van der Waals surface area contributed by atoms with Gasteiger partial charge in [0.05, 0.1) is 6.54 Å². The fraction of sp³-hybridized carbons (Fsp3) is 0.421. The summed E-state index contributed by atoms with van der Waals surface area (Å²) in [5.41, 5.74) is 2.44. The number of amides is 1. The summed E-state index contributed by atoms with van der Waals surface area (Å²) in [4.78, 5) is 15.6. The zero-order valence-electron chi connectivity index (χ0n) is 14.2. The van der Waals surface area contributed by atoms with E-state index in [9.17, 15) is 4.79 Å². The summed E-state index contributed by atoms with van der Waals surface area (Å²) in [5, 5.41) is 5.02. The largest absolute Gasteiger partial charge is 0.489 e. The van der Waals surface area contributed by atoms with E-state index in [2.05, 4.69) is 42.3 Å². The minimum atomic E-state index is 0.102. The van der Waals surface area contributed by atoms with Crippen molar-refractivity contribution in [3.8, 4) is 5.75 Å². The van der Waals surface area contributed by atoms with Crippen LogP contribution in [0.5, 0.6) is 5.75 Å². The van der Waals surface area contributed by atoms with Crippen molar-refractivity contribution in [3.05, 3.63) is 51.7 Å². The summed E-state index contributed by atoms with van der Waals surface area (Å²) in [6.07, 6.45) is 0.641. The highest BCUT2D eigenvalue weighted by molar-refractivity contribution is 7.09. The number of carbonyl (C=O) groups excluding carboxylic acids is 1. The van der Waals surface area contributed by atoms with Gasteiger partial charge < -0.3 is 10.1 Å². The average molecular weight is 344 g/mol. The Kier molecular flexibility index (Phi) is 5.53. The fourth-order valence-corrected chi connectivity index (χ4v) is 3.63. The molecule has 0 fully saturated rings. The predicted octanol–water partition coefficient (Wildman–Crippen LogP) is 3.35. The molecule has 1 aromatic heterocycles. The Morgan fingerprint density at radius 1 is 1.42 bits per heavy atom. The third-order valence-electron chi connectivity index (χ3n) is 4.15. The van der Waals surface area contributed by atoms with Crippen molar-refractivity contribution in [2.45, 2.75) is 39.5 Å². The Morgan fingerprint density at radius 2 is 2.29 bits per heavy atom. The molecule has 128 valence electrons. The van der Waals surface area contributed by atoms with Crippen molar-refractivity contribution in [2.75, 3.05) is 13.1 Å². The van der Waals surface area contributed by atoms with E-state index >= 15 is 0 Å². The van der Waals surface area contributed by atoms with Crippen molar-refractivity contribution < 1.29 is 9.53 Å². The molecule has 1 aromatic carbocycles. The topological polar surface area (TPSA) is 41.6 Å². The SMILES string of the molecule is Cc1ccc2c(c1)CN(CCC(=O)NCc1cccs1)CC(C)O2. The van der Waals surface area contributed by atoms with Gasteiger partial charge in [-0.2, -0.15) is 0 Å². The van der Waals surface area contributed by atoms with Crippen LogP contribution in [0.4, 0.5) is 0 Å². The number of hydrogen-bond donors (Lipinski definition) is 1. The second kappa shape index (κ2) is 7.81. The second-order valence-electron chi connectivity index (χ2n) is 6.38. The van der Waals surface area contributed by atoms with Crippen LogP contribution in [0.3, 0.4) is 0 Å². The van der Waals surface area contributed by atoms with E-state index in [1.807, 2.05) is 17.5 Å². The molecule has 0 aliphatic carbocycles. The maximum atomic E-state index is 12.1. The van der Waals surface area contributed by atoms with Gasteiger partial charge in [-0.15, -0.1) is 11.3 Å². The van der Waals surface area contributed by atoms with E-state index in [4.69, 9.17) is 4.74 Å². The molecule has 0 saturated carbocycles. The number of fused-ring (bicyclic) bond motifs is 1. The first kappa shape index (κ1) is 17.0. The number of aryl methyl sites for hydroxylation is 1. The lowest BCUT2D eigenvalue weighted by atomic mass is 10.1. The third-order valence-corrected chi connectivity index (χ3v) is 5.02. The Hall–Kier alpha value is -1.85. The Bertz CT molecular complexity index is 685. The number of ether oxygens (including phenoxy) is 1. The van der Waals surface area contributed by atoms with E-state index in [1.54, 1.807) is 11.3 Å². The van der Waals surface area contributed by atoms with Crippen molar-refractivity contribution in [2.24, 2.45) is 0 Å². The lowest BCUT2D eigenvalue weighted by molar-refractivity contribution is -0.121. The van der Waals surface area contributed by atoms with Gasteiger partial charge in [-0.3, -0.25) is 9.69 Å². The average Bonchev–Trinajstić information content (AvgIpc) is 3.01. The first-order chi connectivity index (χ1) is 11.6. The van der Waals surface area contributed by atoms with E-state index in [1.165, 1.54) is 16.0 Å². The van der Waals surface area contributed by atoms with E-state index in [-0.39, 0.29) is 12.0 Å². The highest BCUT2D eigenvalue weighted by Crippen LogP contribution is 2.26. The number of rotatable bonds is 5. The number of benzene rings is 1. The lowest BCUT2D eigenvalue weighted by Gasteiger charge is -2.21. The molecule has 24 heavy (non-hydrogen) atoms. The molecule has 1 N–H and O–H groups in total. The molecule has 2 aromatic rings. The Morgan fingerprint density at radius 3 is 3.08 bits per heavy atom. The third kappa shape index (κ3) is 4.58. The molecule has 1 atom stereocenters. The van der Waals surface area contributed by atoms with Gasteiger partial charge in [-0.05, 0) is 31.4 Å². The monoisotopic (exact) mass is 344 g/mol. The molecule has 0 radical (unpaired) electrons.